The lowest BCUT2D eigenvalue weighted by Crippen LogP contribution is -2.56. The lowest BCUT2D eigenvalue weighted by molar-refractivity contribution is 0.00138. The molecule has 10 aliphatic rings. The molecule has 0 radical (unpaired) electrons. The number of rotatable bonds is 20. The van der Waals surface area contributed by atoms with Crippen LogP contribution in [-0.2, 0) is 66.3 Å². The van der Waals surface area contributed by atoms with Gasteiger partial charge in [0.15, 0.2) is 0 Å². The molecular weight excluding hydrogens is 1110 g/mol. The van der Waals surface area contributed by atoms with Gasteiger partial charge >= 0.3 is 0 Å². The van der Waals surface area contributed by atoms with Gasteiger partial charge in [-0.1, -0.05) is 139 Å². The Hall–Kier alpha value is -3.76. The summed E-state index contributed by atoms with van der Waals surface area (Å²) >= 11 is 0. The standard InChI is InChI=1S/C42H61NO2.C40H57NO4/c1-30-10-12-32-27-34-14-18-42(17-8-16-40(3,36(32)25-30)38(34)29-42)19-21-44-23-24-45-22-20-43-39-35-9-6-5-7-15-41(39,4)37-26-31(2)11-13-33(37)28-35;1-38-14-6-15-40(16-12-30(36(38)27-40)23-28-8-10-32(42)25-34(28)38)17-19-44-21-22-45-20-18-41-37-31-7-4-3-5-13-39(37,2)35-26-33(43)11-9-29(35)24-31/h10-13,25-26,34-35,38-39,43H,5-9,14-24,27-29H2,1-4H3;8-11,25-26,30-31,36-37,41-43H,3-7,12-24,27H2,1-2H3/t34-,35-,38-,39-,40+,41+,42?;30-,31-,36-,37-,38+,39+,40?/m00/s1. The Morgan fingerprint density at radius 2 is 0.756 bits per heavy atom. The lowest BCUT2D eigenvalue weighted by atomic mass is 9.52. The largest absolute Gasteiger partial charge is 0.508 e. The number of hydrogen-bond acceptors (Lipinski definition) is 8. The second-order valence-electron chi connectivity index (χ2n) is 32.9. The second-order valence-corrected chi connectivity index (χ2v) is 32.9. The summed E-state index contributed by atoms with van der Waals surface area (Å²) in [5.41, 5.74) is 16.8. The van der Waals surface area contributed by atoms with Crippen LogP contribution in [0.4, 0.5) is 0 Å². The molecule has 8 bridgehead atoms. The Labute approximate surface area is 544 Å². The Bertz CT molecular complexity index is 2880. The number of phenols is 2. The molecule has 0 saturated heterocycles. The van der Waals surface area contributed by atoms with Gasteiger partial charge in [-0.3, -0.25) is 0 Å². The van der Waals surface area contributed by atoms with Crippen molar-refractivity contribution in [2.24, 2.45) is 46.3 Å². The maximum Gasteiger partial charge on any atom is 0.115 e. The average molecular weight is 1230 g/mol. The van der Waals surface area contributed by atoms with Gasteiger partial charge < -0.3 is 39.8 Å². The Morgan fingerprint density at radius 1 is 0.378 bits per heavy atom. The molecule has 6 fully saturated rings. The molecule has 0 heterocycles. The number of ether oxygens (including phenoxy) is 4. The Balaban J connectivity index is 0.000000165. The van der Waals surface area contributed by atoms with E-state index >= 15 is 0 Å². The number of nitrogens with one attached hydrogen (secondary N) is 2. The molecule has 4 N–H and O–H groups in total. The van der Waals surface area contributed by atoms with E-state index in [0.29, 0.717) is 72.2 Å². The van der Waals surface area contributed by atoms with E-state index in [1.54, 1.807) is 22.3 Å². The maximum atomic E-state index is 10.3. The van der Waals surface area contributed by atoms with Crippen molar-refractivity contribution < 1.29 is 29.2 Å². The normalized spacial score (nSPS) is 35.4. The van der Waals surface area contributed by atoms with Gasteiger partial charge in [-0.05, 0) is 268 Å². The molecule has 492 valence electrons. The lowest BCUT2D eigenvalue weighted by Gasteiger charge is -2.53. The highest BCUT2D eigenvalue weighted by atomic mass is 16.5. The maximum absolute atomic E-state index is 10.3. The number of fused-ring (bicyclic) bond motifs is 14. The highest BCUT2D eigenvalue weighted by Gasteiger charge is 2.55. The molecule has 0 aliphatic heterocycles. The molecule has 4 aromatic rings. The van der Waals surface area contributed by atoms with Crippen LogP contribution in [0.2, 0.25) is 0 Å². The van der Waals surface area contributed by atoms with Gasteiger partial charge in [-0.15, -0.1) is 0 Å². The summed E-state index contributed by atoms with van der Waals surface area (Å²) in [7, 11) is 0. The summed E-state index contributed by atoms with van der Waals surface area (Å²) in [6.45, 7) is 22.4. The quantitative estimate of drug-likeness (QED) is 0.0650. The Morgan fingerprint density at radius 3 is 1.21 bits per heavy atom. The zero-order valence-corrected chi connectivity index (χ0v) is 56.9. The third-order valence-corrected chi connectivity index (χ3v) is 27.5. The third-order valence-electron chi connectivity index (χ3n) is 27.5. The van der Waals surface area contributed by atoms with Crippen molar-refractivity contribution in [3.05, 3.63) is 128 Å². The van der Waals surface area contributed by atoms with Crippen LogP contribution in [-0.4, -0.2) is 88.2 Å². The van der Waals surface area contributed by atoms with Gasteiger partial charge in [0.05, 0.1) is 39.6 Å². The van der Waals surface area contributed by atoms with E-state index in [2.05, 4.69) is 107 Å². The van der Waals surface area contributed by atoms with Gasteiger partial charge in [-0.2, -0.15) is 0 Å². The van der Waals surface area contributed by atoms with Crippen LogP contribution in [0.25, 0.3) is 0 Å². The predicted molar refractivity (Wildman–Crippen MR) is 366 cm³/mol. The van der Waals surface area contributed by atoms with Crippen molar-refractivity contribution in [2.45, 2.75) is 255 Å². The molecular formula is C82H118N2O6. The van der Waals surface area contributed by atoms with Crippen molar-refractivity contribution in [3.63, 3.8) is 0 Å². The fraction of sp³-hybridized carbons (Fsp3) is 0.707. The SMILES string of the molecule is C[C@@]12CCCC3(CCOCCOCCN[C@H]4[C@H]5CCCCC[C@]4(C)c4cc(O)ccc4C5)CC[C@@H](Cc4ccc(O)cc41)[C@@H]2C3.Cc1ccc2c(c1)[C@@]1(C)CCCC3(CCOCCOCCN[C@H]4[C@H]5CCCCC[C@]4(C)c4cc(C)ccc4C5)CC[C@@H](C2)[C@@H]1C3. The number of aromatic hydroxyl groups is 2. The van der Waals surface area contributed by atoms with E-state index in [-0.39, 0.29) is 16.2 Å². The fourth-order valence-corrected chi connectivity index (χ4v) is 22.6. The molecule has 0 spiro atoms. The van der Waals surface area contributed by atoms with Crippen molar-refractivity contribution >= 4 is 0 Å². The summed E-state index contributed by atoms with van der Waals surface area (Å²) in [4.78, 5) is 0. The van der Waals surface area contributed by atoms with Gasteiger partial charge in [0.2, 0.25) is 0 Å². The van der Waals surface area contributed by atoms with Crippen LogP contribution in [0.15, 0.2) is 72.8 Å². The van der Waals surface area contributed by atoms with Crippen molar-refractivity contribution in [1.29, 1.82) is 0 Å². The summed E-state index contributed by atoms with van der Waals surface area (Å²) in [5.74, 6) is 5.42. The predicted octanol–water partition coefficient (Wildman–Crippen LogP) is 17.2. The van der Waals surface area contributed by atoms with E-state index in [0.717, 1.165) is 75.5 Å². The minimum Gasteiger partial charge on any atom is -0.508 e. The number of aryl methyl sites for hydroxylation is 2. The first-order valence-electron chi connectivity index (χ1n) is 37.2. The summed E-state index contributed by atoms with van der Waals surface area (Å²) in [5, 5.41) is 28.6. The van der Waals surface area contributed by atoms with Crippen molar-refractivity contribution in [2.75, 3.05) is 65.9 Å². The highest BCUT2D eigenvalue weighted by molar-refractivity contribution is 5.47. The average Bonchev–Trinajstić information content (AvgIpc) is 1.29. The minimum absolute atomic E-state index is 0.0529. The van der Waals surface area contributed by atoms with Crippen molar-refractivity contribution in [3.8, 4) is 11.5 Å². The first kappa shape index (κ1) is 64.9. The van der Waals surface area contributed by atoms with Gasteiger partial charge in [0.25, 0.3) is 0 Å². The second kappa shape index (κ2) is 27.5. The zero-order chi connectivity index (χ0) is 62.1. The number of benzene rings is 4. The minimum atomic E-state index is 0.0529. The molecule has 0 aromatic heterocycles. The number of hydrogen-bond donors (Lipinski definition) is 4. The topological polar surface area (TPSA) is 101 Å². The van der Waals surface area contributed by atoms with E-state index < -0.39 is 0 Å². The molecule has 2 unspecified atom stereocenters. The molecule has 90 heavy (non-hydrogen) atoms. The van der Waals surface area contributed by atoms with E-state index in [9.17, 15) is 10.2 Å². The van der Waals surface area contributed by atoms with E-state index in [1.165, 1.54) is 207 Å². The van der Waals surface area contributed by atoms with Crippen molar-refractivity contribution in [1.82, 2.24) is 10.6 Å². The van der Waals surface area contributed by atoms with Crippen LogP contribution < -0.4 is 10.6 Å². The van der Waals surface area contributed by atoms with E-state index in [1.807, 2.05) is 18.2 Å². The number of phenolic OH excluding ortho intramolecular Hbond substituents is 2. The molecule has 10 aliphatic carbocycles. The van der Waals surface area contributed by atoms with Gasteiger partial charge in [0.1, 0.15) is 11.5 Å². The van der Waals surface area contributed by atoms with Crippen LogP contribution in [0.1, 0.15) is 237 Å². The molecule has 14 rings (SSSR count). The first-order valence-corrected chi connectivity index (χ1v) is 37.2. The molecule has 4 aromatic carbocycles. The smallest absolute Gasteiger partial charge is 0.115 e. The third kappa shape index (κ3) is 13.2. The summed E-state index contributed by atoms with van der Waals surface area (Å²) in [6, 6.07) is 27.8. The monoisotopic (exact) mass is 1230 g/mol. The first-order chi connectivity index (χ1) is 43.6. The summed E-state index contributed by atoms with van der Waals surface area (Å²) < 4.78 is 24.7. The van der Waals surface area contributed by atoms with Crippen LogP contribution in [0, 0.1) is 60.2 Å². The van der Waals surface area contributed by atoms with Crippen LogP contribution >= 0.6 is 0 Å². The van der Waals surface area contributed by atoms with E-state index in [4.69, 9.17) is 18.9 Å². The molecule has 8 heteroatoms. The van der Waals surface area contributed by atoms with Crippen LogP contribution in [0.5, 0.6) is 11.5 Å². The van der Waals surface area contributed by atoms with Gasteiger partial charge in [-0.25, -0.2) is 0 Å². The fourth-order valence-electron chi connectivity index (χ4n) is 22.6. The molecule has 6 saturated carbocycles. The Kier molecular flexibility index (Phi) is 19.9. The molecule has 0 amide bonds. The van der Waals surface area contributed by atoms with Crippen LogP contribution in [0.3, 0.4) is 0 Å². The summed E-state index contributed by atoms with van der Waals surface area (Å²) in [6.07, 6.45) is 36.5. The molecule has 8 nitrogen and oxygen atoms in total. The zero-order valence-electron chi connectivity index (χ0n) is 56.9. The molecule has 14 atom stereocenters. The highest BCUT2D eigenvalue weighted by Crippen LogP contribution is 2.63. The van der Waals surface area contributed by atoms with Gasteiger partial charge in [0, 0.05) is 49.2 Å².